The van der Waals surface area contributed by atoms with E-state index in [-0.39, 0.29) is 12.0 Å². The van der Waals surface area contributed by atoms with Crippen LogP contribution in [0, 0.1) is 5.92 Å². The van der Waals surface area contributed by atoms with Gasteiger partial charge in [-0.15, -0.1) is 0 Å². The molecule has 116 valence electrons. The molecule has 2 N–H and O–H groups in total. The topological polar surface area (TPSA) is 52.6 Å². The number of fused-ring (bicyclic) bond motifs is 1. The number of hydrogen-bond donors (Lipinski definition) is 2. The molecule has 1 aliphatic carbocycles. The van der Waals surface area contributed by atoms with E-state index >= 15 is 0 Å². The zero-order valence-electron chi connectivity index (χ0n) is 12.7. The van der Waals surface area contributed by atoms with Crippen molar-refractivity contribution in [2.24, 2.45) is 5.92 Å². The van der Waals surface area contributed by atoms with Gasteiger partial charge in [0.15, 0.2) is 5.78 Å². The van der Waals surface area contributed by atoms with Crippen LogP contribution in [0.15, 0.2) is 24.3 Å². The molecule has 2 saturated heterocycles. The number of hydrogen-bond acceptors (Lipinski definition) is 4. The zero-order valence-corrected chi connectivity index (χ0v) is 12.7. The van der Waals surface area contributed by atoms with E-state index in [9.17, 15) is 9.90 Å². The van der Waals surface area contributed by atoms with Crippen molar-refractivity contribution in [2.45, 2.75) is 42.7 Å². The first-order valence-electron chi connectivity index (χ1n) is 8.49. The van der Waals surface area contributed by atoms with E-state index in [2.05, 4.69) is 28.4 Å². The molecule has 22 heavy (non-hydrogen) atoms. The highest BCUT2D eigenvalue weighted by Gasteiger charge is 2.72. The largest absolute Gasteiger partial charge is 0.396 e. The second kappa shape index (κ2) is 4.12. The molecule has 4 unspecified atom stereocenters. The van der Waals surface area contributed by atoms with Gasteiger partial charge in [-0.3, -0.25) is 9.69 Å². The Labute approximate surface area is 130 Å². The minimum atomic E-state index is -0.592. The fourth-order valence-electron chi connectivity index (χ4n) is 6.21. The molecule has 3 fully saturated rings. The summed E-state index contributed by atoms with van der Waals surface area (Å²) in [6.45, 7) is 2.27. The molecule has 1 saturated carbocycles. The Bertz CT molecular complexity index is 660. The minimum Gasteiger partial charge on any atom is -0.396 e. The number of nitrogens with one attached hydrogen (secondary N) is 1. The van der Waals surface area contributed by atoms with E-state index in [4.69, 9.17) is 0 Å². The number of aliphatic hydroxyl groups excluding tert-OH is 1. The number of rotatable bonds is 2. The third kappa shape index (κ3) is 1.23. The molecule has 0 aromatic heterocycles. The maximum atomic E-state index is 13.2. The third-order valence-corrected chi connectivity index (χ3v) is 6.85. The monoisotopic (exact) mass is 298 g/mol. The molecular weight excluding hydrogens is 276 g/mol. The number of aliphatic hydroxyl groups is 1. The summed E-state index contributed by atoms with van der Waals surface area (Å²) in [5, 5.41) is 13.3. The molecule has 3 heterocycles. The number of para-hydroxylation sites is 1. The van der Waals surface area contributed by atoms with Crippen LogP contribution in [0.4, 0.5) is 5.69 Å². The molecule has 0 radical (unpaired) electrons. The van der Waals surface area contributed by atoms with Gasteiger partial charge in [0.2, 0.25) is 0 Å². The summed E-state index contributed by atoms with van der Waals surface area (Å²) in [4.78, 5) is 15.8. The molecule has 4 nitrogen and oxygen atoms in total. The van der Waals surface area contributed by atoms with Crippen molar-refractivity contribution in [2.75, 3.05) is 25.0 Å². The molecule has 4 aliphatic rings. The zero-order chi connectivity index (χ0) is 14.9. The van der Waals surface area contributed by atoms with Crippen LogP contribution in [0.25, 0.3) is 0 Å². The van der Waals surface area contributed by atoms with E-state index in [1.165, 1.54) is 5.56 Å². The van der Waals surface area contributed by atoms with Gasteiger partial charge >= 0.3 is 0 Å². The van der Waals surface area contributed by atoms with E-state index in [1.54, 1.807) is 0 Å². The SMILES string of the molecule is O=C1CC2CCN3CCC4(c5ccccc5NC14CCO)C23. The van der Waals surface area contributed by atoms with Crippen LogP contribution in [0.3, 0.4) is 0 Å². The quantitative estimate of drug-likeness (QED) is 0.869. The summed E-state index contributed by atoms with van der Waals surface area (Å²) < 4.78 is 0. The summed E-state index contributed by atoms with van der Waals surface area (Å²) in [7, 11) is 0. The molecule has 3 aliphatic heterocycles. The molecule has 1 spiro atoms. The fraction of sp³-hybridized carbons (Fsp3) is 0.611. The number of nitrogens with zero attached hydrogens (tertiary/aromatic N) is 1. The average Bonchev–Trinajstić information content (AvgIpc) is 3.16. The highest BCUT2D eigenvalue weighted by molar-refractivity contribution is 5.98. The second-order valence-electron chi connectivity index (χ2n) is 7.43. The van der Waals surface area contributed by atoms with Gasteiger partial charge in [0.1, 0.15) is 5.54 Å². The number of Topliss-reactive ketones (excluding diaryl/α,β-unsaturated/α-hetero) is 1. The normalized spacial score (nSPS) is 42.0. The lowest BCUT2D eigenvalue weighted by Gasteiger charge is -2.51. The van der Waals surface area contributed by atoms with E-state index < -0.39 is 5.54 Å². The van der Waals surface area contributed by atoms with Crippen LogP contribution >= 0.6 is 0 Å². The van der Waals surface area contributed by atoms with Crippen molar-refractivity contribution >= 4 is 11.5 Å². The predicted molar refractivity (Wildman–Crippen MR) is 83.9 cm³/mol. The highest BCUT2D eigenvalue weighted by Crippen LogP contribution is 2.63. The Kier molecular flexibility index (Phi) is 2.45. The summed E-state index contributed by atoms with van der Waals surface area (Å²) in [6, 6.07) is 8.90. The van der Waals surface area contributed by atoms with Gasteiger partial charge in [-0.1, -0.05) is 18.2 Å². The van der Waals surface area contributed by atoms with Crippen LogP contribution in [0.1, 0.15) is 31.2 Å². The lowest BCUT2D eigenvalue weighted by molar-refractivity contribution is -0.131. The summed E-state index contributed by atoms with van der Waals surface area (Å²) in [5.41, 5.74) is 1.70. The van der Waals surface area contributed by atoms with Crippen LogP contribution in [0.5, 0.6) is 0 Å². The molecule has 1 aromatic carbocycles. The van der Waals surface area contributed by atoms with Crippen molar-refractivity contribution in [3.63, 3.8) is 0 Å². The summed E-state index contributed by atoms with van der Waals surface area (Å²) in [5.74, 6) is 0.817. The molecule has 0 amide bonds. The van der Waals surface area contributed by atoms with E-state index in [0.29, 0.717) is 30.6 Å². The van der Waals surface area contributed by atoms with Crippen molar-refractivity contribution in [1.29, 1.82) is 0 Å². The van der Waals surface area contributed by atoms with E-state index in [1.807, 2.05) is 6.07 Å². The summed E-state index contributed by atoms with van der Waals surface area (Å²) in [6.07, 6.45) is 3.38. The van der Waals surface area contributed by atoms with Crippen LogP contribution in [0.2, 0.25) is 0 Å². The van der Waals surface area contributed by atoms with Crippen molar-refractivity contribution in [3.8, 4) is 0 Å². The van der Waals surface area contributed by atoms with Gasteiger partial charge in [0, 0.05) is 36.6 Å². The van der Waals surface area contributed by atoms with Gasteiger partial charge in [-0.2, -0.15) is 0 Å². The van der Waals surface area contributed by atoms with Crippen LogP contribution in [-0.2, 0) is 10.2 Å². The summed E-state index contributed by atoms with van der Waals surface area (Å²) >= 11 is 0. The van der Waals surface area contributed by atoms with Crippen LogP contribution in [-0.4, -0.2) is 47.1 Å². The van der Waals surface area contributed by atoms with Crippen molar-refractivity contribution in [3.05, 3.63) is 29.8 Å². The van der Waals surface area contributed by atoms with Gasteiger partial charge in [-0.05, 0) is 43.5 Å². The number of carbonyl (C=O) groups is 1. The molecule has 4 atom stereocenters. The van der Waals surface area contributed by atoms with Crippen LogP contribution < -0.4 is 5.32 Å². The average molecular weight is 298 g/mol. The molecule has 5 rings (SSSR count). The third-order valence-electron chi connectivity index (χ3n) is 6.85. The van der Waals surface area contributed by atoms with Crippen molar-refractivity contribution in [1.82, 2.24) is 4.90 Å². The predicted octanol–water partition coefficient (Wildman–Crippen LogP) is 1.54. The van der Waals surface area contributed by atoms with E-state index in [0.717, 1.165) is 31.6 Å². The lowest BCUT2D eigenvalue weighted by Crippen LogP contribution is -2.67. The van der Waals surface area contributed by atoms with Gasteiger partial charge in [0.25, 0.3) is 0 Å². The Morgan fingerprint density at radius 1 is 1.32 bits per heavy atom. The lowest BCUT2D eigenvalue weighted by atomic mass is 9.53. The first kappa shape index (κ1) is 13.1. The standard InChI is InChI=1S/C18H22N2O2/c21-10-7-18-15(22)11-12-5-8-20-9-6-17(18,16(12)20)13-3-1-2-4-14(13)19-18/h1-4,12,16,19,21H,5-11H2. The molecule has 4 heteroatoms. The molecule has 1 aromatic rings. The Balaban J connectivity index is 1.79. The number of ketones is 1. The van der Waals surface area contributed by atoms with Gasteiger partial charge < -0.3 is 10.4 Å². The number of benzene rings is 1. The molecular formula is C18H22N2O2. The first-order valence-corrected chi connectivity index (χ1v) is 8.49. The Morgan fingerprint density at radius 2 is 2.18 bits per heavy atom. The number of carbonyl (C=O) groups excluding carboxylic acids is 1. The fourth-order valence-corrected chi connectivity index (χ4v) is 6.21. The maximum Gasteiger partial charge on any atom is 0.159 e. The minimum absolute atomic E-state index is 0.0614. The smallest absolute Gasteiger partial charge is 0.159 e. The first-order chi connectivity index (χ1) is 10.7. The maximum absolute atomic E-state index is 13.2. The second-order valence-corrected chi connectivity index (χ2v) is 7.43. The Morgan fingerprint density at radius 3 is 3.05 bits per heavy atom. The highest BCUT2D eigenvalue weighted by atomic mass is 16.3. The molecule has 0 bridgehead atoms. The van der Waals surface area contributed by atoms with Gasteiger partial charge in [-0.25, -0.2) is 0 Å². The van der Waals surface area contributed by atoms with Gasteiger partial charge in [0.05, 0.1) is 0 Å². The Hall–Kier alpha value is -1.39. The number of anilines is 1. The van der Waals surface area contributed by atoms with Crippen molar-refractivity contribution < 1.29 is 9.90 Å².